The molecule has 5 rings (SSSR count). The Labute approximate surface area is 196 Å². The fourth-order valence-electron chi connectivity index (χ4n) is 4.26. The van der Waals surface area contributed by atoms with Crippen molar-refractivity contribution in [2.24, 2.45) is 12.0 Å². The Balaban J connectivity index is 1.43. The lowest BCUT2D eigenvalue weighted by atomic mass is 10.1. The number of thiazole rings is 1. The molecule has 0 aliphatic carbocycles. The minimum absolute atomic E-state index is 0.0190. The summed E-state index contributed by atoms with van der Waals surface area (Å²) in [5, 5.41) is 0. The maximum atomic E-state index is 13.0. The van der Waals surface area contributed by atoms with Crippen LogP contribution in [0.4, 0.5) is 0 Å². The zero-order valence-electron chi connectivity index (χ0n) is 18.5. The summed E-state index contributed by atoms with van der Waals surface area (Å²) in [7, 11) is -1.74. The highest BCUT2D eigenvalue weighted by atomic mass is 32.2. The van der Waals surface area contributed by atoms with E-state index in [0.717, 1.165) is 29.5 Å². The van der Waals surface area contributed by atoms with Crippen molar-refractivity contribution in [2.75, 3.05) is 19.8 Å². The van der Waals surface area contributed by atoms with Gasteiger partial charge in [0.25, 0.3) is 5.91 Å². The molecule has 0 N–H and O–H groups in total. The lowest BCUT2D eigenvalue weighted by Gasteiger charge is -2.32. The molecule has 1 aromatic heterocycles. The predicted molar refractivity (Wildman–Crippen MR) is 125 cm³/mol. The molecule has 1 saturated heterocycles. The zero-order valence-corrected chi connectivity index (χ0v) is 20.1. The van der Waals surface area contributed by atoms with E-state index in [1.807, 2.05) is 30.7 Å². The topological polar surface area (TPSA) is 90.2 Å². The van der Waals surface area contributed by atoms with E-state index in [9.17, 15) is 13.2 Å². The number of nitrogens with zero attached hydrogens (tertiary/aromatic N) is 3. The van der Waals surface area contributed by atoms with Crippen molar-refractivity contribution in [3.8, 4) is 11.5 Å². The SMILES string of the molecule is CC1CCCCN1S(=O)(=O)c1ccc(C(=O)N=c2sc3cc4c(cc3n2C)OCCO4)cc1. The molecule has 2 aromatic carbocycles. The number of rotatable bonds is 3. The van der Waals surface area contributed by atoms with Crippen molar-refractivity contribution in [1.29, 1.82) is 0 Å². The summed E-state index contributed by atoms with van der Waals surface area (Å²) in [5.74, 6) is 0.942. The number of benzene rings is 2. The molecule has 3 heterocycles. The molecule has 0 saturated carbocycles. The summed E-state index contributed by atoms with van der Waals surface area (Å²) in [5.41, 5.74) is 1.23. The van der Waals surface area contributed by atoms with E-state index in [0.29, 0.717) is 41.6 Å². The van der Waals surface area contributed by atoms with Gasteiger partial charge in [-0.05, 0) is 44.0 Å². The number of piperidine rings is 1. The molecule has 2 aliphatic heterocycles. The van der Waals surface area contributed by atoms with E-state index < -0.39 is 15.9 Å². The molecular weight excluding hydrogens is 462 g/mol. The van der Waals surface area contributed by atoms with Gasteiger partial charge >= 0.3 is 0 Å². The summed E-state index contributed by atoms with van der Waals surface area (Å²) >= 11 is 1.38. The maximum Gasteiger partial charge on any atom is 0.279 e. The Morgan fingerprint density at radius 2 is 1.79 bits per heavy atom. The fraction of sp³-hybridized carbons (Fsp3) is 0.391. The van der Waals surface area contributed by atoms with Gasteiger partial charge in [0.1, 0.15) is 13.2 Å². The zero-order chi connectivity index (χ0) is 23.2. The lowest BCUT2D eigenvalue weighted by molar-refractivity contribution is 0.0998. The summed E-state index contributed by atoms with van der Waals surface area (Å²) in [6.07, 6.45) is 2.77. The Bertz CT molecular complexity index is 1390. The first kappa shape index (κ1) is 22.1. The van der Waals surface area contributed by atoms with Crippen LogP contribution in [0.2, 0.25) is 0 Å². The number of hydrogen-bond donors (Lipinski definition) is 0. The Morgan fingerprint density at radius 3 is 2.48 bits per heavy atom. The van der Waals surface area contributed by atoms with Crippen molar-refractivity contribution in [3.63, 3.8) is 0 Å². The number of carbonyl (C=O) groups is 1. The highest BCUT2D eigenvalue weighted by Gasteiger charge is 2.31. The van der Waals surface area contributed by atoms with Crippen molar-refractivity contribution in [2.45, 2.75) is 37.1 Å². The van der Waals surface area contributed by atoms with Crippen LogP contribution in [0.1, 0.15) is 36.5 Å². The molecule has 1 atom stereocenters. The van der Waals surface area contributed by atoms with Gasteiger partial charge in [-0.3, -0.25) is 4.79 Å². The van der Waals surface area contributed by atoms with Crippen LogP contribution in [0, 0.1) is 0 Å². The normalized spacial score (nSPS) is 19.7. The molecule has 10 heteroatoms. The van der Waals surface area contributed by atoms with Gasteiger partial charge in [-0.1, -0.05) is 17.8 Å². The van der Waals surface area contributed by atoms with Crippen LogP contribution in [0.25, 0.3) is 10.2 Å². The van der Waals surface area contributed by atoms with Gasteiger partial charge < -0.3 is 14.0 Å². The maximum absolute atomic E-state index is 13.0. The molecular formula is C23H25N3O5S2. The second kappa shape index (κ2) is 8.58. The van der Waals surface area contributed by atoms with Gasteiger partial charge in [-0.15, -0.1) is 0 Å². The molecule has 0 bridgehead atoms. The van der Waals surface area contributed by atoms with Gasteiger partial charge in [0.15, 0.2) is 16.3 Å². The highest BCUT2D eigenvalue weighted by molar-refractivity contribution is 7.89. The van der Waals surface area contributed by atoms with Crippen molar-refractivity contribution < 1.29 is 22.7 Å². The van der Waals surface area contributed by atoms with Crippen LogP contribution in [-0.2, 0) is 17.1 Å². The van der Waals surface area contributed by atoms with Gasteiger partial charge in [0.05, 0.1) is 15.1 Å². The van der Waals surface area contributed by atoms with E-state index in [1.165, 1.54) is 35.6 Å². The molecule has 8 nitrogen and oxygen atoms in total. The number of carbonyl (C=O) groups excluding carboxylic acids is 1. The first-order chi connectivity index (χ1) is 15.8. The Morgan fingerprint density at radius 1 is 1.09 bits per heavy atom. The van der Waals surface area contributed by atoms with Crippen LogP contribution in [0.15, 0.2) is 46.3 Å². The Hall–Kier alpha value is -2.69. The minimum atomic E-state index is -3.58. The number of ether oxygens (including phenoxy) is 2. The molecule has 0 spiro atoms. The average Bonchev–Trinajstić information content (AvgIpc) is 3.12. The predicted octanol–water partition coefficient (Wildman–Crippen LogP) is 3.32. The second-order valence-electron chi connectivity index (χ2n) is 8.31. The quantitative estimate of drug-likeness (QED) is 0.565. The number of aromatic nitrogens is 1. The van der Waals surface area contributed by atoms with Gasteiger partial charge in [0, 0.05) is 37.3 Å². The summed E-state index contributed by atoms with van der Waals surface area (Å²) in [6, 6.07) is 9.82. The largest absolute Gasteiger partial charge is 0.486 e. The summed E-state index contributed by atoms with van der Waals surface area (Å²) < 4.78 is 41.7. The van der Waals surface area contributed by atoms with E-state index in [4.69, 9.17) is 9.47 Å². The molecule has 3 aromatic rings. The van der Waals surface area contributed by atoms with Gasteiger partial charge in [0.2, 0.25) is 10.0 Å². The standard InChI is InChI=1S/C23H25N3O5S2/c1-15-5-3-4-10-26(15)33(28,29)17-8-6-16(7-9-17)22(27)24-23-25(2)18-13-19-20(14-21(18)32-23)31-12-11-30-19/h6-9,13-15H,3-5,10-12H2,1-2H3. The van der Waals surface area contributed by atoms with Crippen LogP contribution in [0.3, 0.4) is 0 Å². The monoisotopic (exact) mass is 487 g/mol. The number of fused-ring (bicyclic) bond motifs is 2. The third-order valence-corrected chi connectivity index (χ3v) is 9.24. The van der Waals surface area contributed by atoms with Crippen LogP contribution in [-0.4, -0.2) is 49.0 Å². The lowest BCUT2D eigenvalue weighted by Crippen LogP contribution is -2.41. The minimum Gasteiger partial charge on any atom is -0.486 e. The Kier molecular flexibility index (Phi) is 5.75. The average molecular weight is 488 g/mol. The van der Waals surface area contributed by atoms with E-state index >= 15 is 0 Å². The van der Waals surface area contributed by atoms with Crippen LogP contribution >= 0.6 is 11.3 Å². The van der Waals surface area contributed by atoms with E-state index in [1.54, 1.807) is 4.31 Å². The molecule has 33 heavy (non-hydrogen) atoms. The molecule has 174 valence electrons. The van der Waals surface area contributed by atoms with Crippen LogP contribution in [0.5, 0.6) is 11.5 Å². The van der Waals surface area contributed by atoms with Gasteiger partial charge in [-0.25, -0.2) is 8.42 Å². The van der Waals surface area contributed by atoms with E-state index in [2.05, 4.69) is 4.99 Å². The van der Waals surface area contributed by atoms with Crippen molar-refractivity contribution in [1.82, 2.24) is 8.87 Å². The first-order valence-corrected chi connectivity index (χ1v) is 13.2. The number of sulfonamides is 1. The van der Waals surface area contributed by atoms with Crippen LogP contribution < -0.4 is 14.3 Å². The highest BCUT2D eigenvalue weighted by Crippen LogP contribution is 2.35. The van der Waals surface area contributed by atoms with E-state index in [-0.39, 0.29) is 10.9 Å². The summed E-state index contributed by atoms with van der Waals surface area (Å²) in [6.45, 7) is 3.48. The third kappa shape index (κ3) is 4.07. The first-order valence-electron chi connectivity index (χ1n) is 10.9. The third-order valence-electron chi connectivity index (χ3n) is 6.12. The molecule has 1 fully saturated rings. The molecule has 1 amide bonds. The smallest absolute Gasteiger partial charge is 0.279 e. The van der Waals surface area contributed by atoms with Crippen molar-refractivity contribution in [3.05, 3.63) is 46.8 Å². The number of hydrogen-bond acceptors (Lipinski definition) is 6. The molecule has 2 aliphatic rings. The number of aryl methyl sites for hydroxylation is 1. The number of amides is 1. The fourth-order valence-corrected chi connectivity index (χ4v) is 6.98. The summed E-state index contributed by atoms with van der Waals surface area (Å²) in [4.78, 5) is 17.9. The molecule has 0 radical (unpaired) electrons. The van der Waals surface area contributed by atoms with Gasteiger partial charge in [-0.2, -0.15) is 9.30 Å². The molecule has 1 unspecified atom stereocenters. The second-order valence-corrected chi connectivity index (χ2v) is 11.2. The van der Waals surface area contributed by atoms with Crippen molar-refractivity contribution >= 4 is 37.5 Å².